The molecule has 2 N–H and O–H groups in total. The lowest BCUT2D eigenvalue weighted by Gasteiger charge is -2.34. The number of thioether (sulfide) groups is 1. The van der Waals surface area contributed by atoms with Crippen LogP contribution in [0.3, 0.4) is 0 Å². The summed E-state index contributed by atoms with van der Waals surface area (Å²) in [7, 11) is 0. The van der Waals surface area contributed by atoms with Crippen LogP contribution in [0.1, 0.15) is 49.3 Å². The zero-order chi connectivity index (χ0) is 23.9. The Morgan fingerprint density at radius 3 is 2.59 bits per heavy atom. The summed E-state index contributed by atoms with van der Waals surface area (Å²) in [4.78, 5) is 43.1. The number of nitrogens with zero attached hydrogens (tertiary/aromatic N) is 1. The standard InChI is InChI=1S/C27H31N3O3S/c1-17(19-7-5-8-19)28-24(31)23(16-18-10-12-21(34-2)13-11-18)30-25(32)27(29-26(30)33)15-14-20-6-3-4-9-22(20)27/h3-4,6,9-13,17,19,23H,5,7-8,14-16H2,1-2H3,(H,28,31)(H,29,33)/t17-,23?,27-/m0/s1. The summed E-state index contributed by atoms with van der Waals surface area (Å²) in [5.74, 6) is -0.124. The van der Waals surface area contributed by atoms with Crippen molar-refractivity contribution in [3.05, 3.63) is 65.2 Å². The molecule has 2 fully saturated rings. The number of urea groups is 1. The van der Waals surface area contributed by atoms with Crippen LogP contribution in [-0.4, -0.2) is 41.1 Å². The lowest BCUT2D eigenvalue weighted by atomic mass is 9.80. The second-order valence-corrected chi connectivity index (χ2v) is 10.6. The highest BCUT2D eigenvalue weighted by molar-refractivity contribution is 7.98. The van der Waals surface area contributed by atoms with Gasteiger partial charge in [0.25, 0.3) is 5.91 Å². The van der Waals surface area contributed by atoms with Crippen LogP contribution in [0.15, 0.2) is 53.4 Å². The molecular weight excluding hydrogens is 446 g/mol. The number of carbonyl (C=O) groups excluding carboxylic acids is 3. The van der Waals surface area contributed by atoms with Gasteiger partial charge in [-0.2, -0.15) is 0 Å². The predicted molar refractivity (Wildman–Crippen MR) is 132 cm³/mol. The largest absolute Gasteiger partial charge is 0.352 e. The molecule has 34 heavy (non-hydrogen) atoms. The molecule has 0 radical (unpaired) electrons. The summed E-state index contributed by atoms with van der Waals surface area (Å²) in [6.07, 6.45) is 6.93. The fourth-order valence-electron chi connectivity index (χ4n) is 5.51. The number of nitrogens with one attached hydrogen (secondary N) is 2. The molecule has 2 aliphatic carbocycles. The number of aryl methyl sites for hydroxylation is 1. The molecule has 4 amide bonds. The minimum absolute atomic E-state index is 0.0181. The van der Waals surface area contributed by atoms with Gasteiger partial charge < -0.3 is 10.6 Å². The molecular formula is C27H31N3O3S. The van der Waals surface area contributed by atoms with Gasteiger partial charge in [-0.05, 0) is 73.6 Å². The molecule has 1 saturated heterocycles. The van der Waals surface area contributed by atoms with Crippen molar-refractivity contribution in [1.29, 1.82) is 0 Å². The minimum Gasteiger partial charge on any atom is -0.352 e. The van der Waals surface area contributed by atoms with Crippen LogP contribution < -0.4 is 10.6 Å². The summed E-state index contributed by atoms with van der Waals surface area (Å²) in [5.41, 5.74) is 1.77. The Kier molecular flexibility index (Phi) is 6.15. The van der Waals surface area contributed by atoms with E-state index in [0.29, 0.717) is 12.3 Å². The highest BCUT2D eigenvalue weighted by Crippen LogP contribution is 2.42. The first-order valence-electron chi connectivity index (χ1n) is 12.1. The molecule has 178 valence electrons. The average Bonchev–Trinajstić information content (AvgIpc) is 3.28. The normalized spacial score (nSPS) is 23.4. The molecule has 1 spiro atoms. The van der Waals surface area contributed by atoms with E-state index < -0.39 is 17.6 Å². The zero-order valence-electron chi connectivity index (χ0n) is 19.7. The van der Waals surface area contributed by atoms with Crippen molar-refractivity contribution in [3.63, 3.8) is 0 Å². The van der Waals surface area contributed by atoms with E-state index in [0.717, 1.165) is 40.8 Å². The first-order chi connectivity index (χ1) is 16.4. The third-order valence-corrected chi connectivity index (χ3v) is 8.54. The van der Waals surface area contributed by atoms with E-state index in [4.69, 9.17) is 0 Å². The van der Waals surface area contributed by atoms with Crippen LogP contribution in [0.4, 0.5) is 4.79 Å². The van der Waals surface area contributed by atoms with Gasteiger partial charge in [0.05, 0.1) is 0 Å². The van der Waals surface area contributed by atoms with Crippen LogP contribution in [-0.2, 0) is 28.0 Å². The average molecular weight is 478 g/mol. The Morgan fingerprint density at radius 2 is 1.91 bits per heavy atom. The number of benzene rings is 2. The number of hydrogen-bond acceptors (Lipinski definition) is 4. The minimum atomic E-state index is -1.07. The molecule has 2 aromatic rings. The highest BCUT2D eigenvalue weighted by atomic mass is 32.2. The SMILES string of the molecule is CSc1ccc(CC(C(=O)N[C@@H](C)C2CCC2)N2C(=O)N[C@]3(CCc4ccccc43)C2=O)cc1. The highest BCUT2D eigenvalue weighted by Gasteiger charge is 2.57. The van der Waals surface area contributed by atoms with Crippen molar-refractivity contribution in [2.75, 3.05) is 6.26 Å². The van der Waals surface area contributed by atoms with Crippen LogP contribution in [0.25, 0.3) is 0 Å². The maximum absolute atomic E-state index is 13.9. The first kappa shape index (κ1) is 23.0. The molecule has 6 nitrogen and oxygen atoms in total. The van der Waals surface area contributed by atoms with E-state index >= 15 is 0 Å². The van der Waals surface area contributed by atoms with Crippen LogP contribution in [0.5, 0.6) is 0 Å². The summed E-state index contributed by atoms with van der Waals surface area (Å²) < 4.78 is 0. The van der Waals surface area contributed by atoms with Gasteiger partial charge in [-0.15, -0.1) is 11.8 Å². The molecule has 3 aliphatic rings. The van der Waals surface area contributed by atoms with Gasteiger partial charge in [0.2, 0.25) is 5.91 Å². The third-order valence-electron chi connectivity index (χ3n) is 7.80. The maximum atomic E-state index is 13.9. The van der Waals surface area contributed by atoms with E-state index in [-0.39, 0.29) is 24.3 Å². The first-order valence-corrected chi connectivity index (χ1v) is 13.3. The Morgan fingerprint density at radius 1 is 1.18 bits per heavy atom. The lowest BCUT2D eigenvalue weighted by Crippen LogP contribution is -2.54. The van der Waals surface area contributed by atoms with Crippen molar-refractivity contribution >= 4 is 29.6 Å². The molecule has 3 atom stereocenters. The second-order valence-electron chi connectivity index (χ2n) is 9.72. The number of hydrogen-bond donors (Lipinski definition) is 2. The smallest absolute Gasteiger partial charge is 0.326 e. The molecule has 5 rings (SSSR count). The molecule has 1 saturated carbocycles. The topological polar surface area (TPSA) is 78.5 Å². The molecule has 1 aliphatic heterocycles. The summed E-state index contributed by atoms with van der Waals surface area (Å²) in [6, 6.07) is 14.4. The quantitative estimate of drug-likeness (QED) is 0.466. The van der Waals surface area contributed by atoms with Gasteiger partial charge in [-0.25, -0.2) is 9.69 Å². The third kappa shape index (κ3) is 3.90. The van der Waals surface area contributed by atoms with Crippen molar-refractivity contribution in [2.24, 2.45) is 5.92 Å². The lowest BCUT2D eigenvalue weighted by molar-refractivity contribution is -0.139. The van der Waals surface area contributed by atoms with E-state index in [1.165, 1.54) is 11.3 Å². The van der Waals surface area contributed by atoms with E-state index in [1.807, 2.05) is 61.7 Å². The number of carbonyl (C=O) groups is 3. The van der Waals surface area contributed by atoms with E-state index in [2.05, 4.69) is 10.6 Å². The van der Waals surface area contributed by atoms with Gasteiger partial charge >= 0.3 is 6.03 Å². The van der Waals surface area contributed by atoms with Gasteiger partial charge in [-0.3, -0.25) is 9.59 Å². The number of amides is 4. The number of rotatable bonds is 7. The maximum Gasteiger partial charge on any atom is 0.326 e. The molecule has 1 unspecified atom stereocenters. The molecule has 7 heteroatoms. The Balaban J connectivity index is 1.45. The zero-order valence-corrected chi connectivity index (χ0v) is 20.5. The van der Waals surface area contributed by atoms with Gasteiger partial charge in [0.15, 0.2) is 0 Å². The van der Waals surface area contributed by atoms with E-state index in [1.54, 1.807) is 11.8 Å². The van der Waals surface area contributed by atoms with Crippen molar-refractivity contribution in [1.82, 2.24) is 15.5 Å². The monoisotopic (exact) mass is 477 g/mol. The van der Waals surface area contributed by atoms with Crippen molar-refractivity contribution in [2.45, 2.75) is 68.0 Å². The van der Waals surface area contributed by atoms with Crippen molar-refractivity contribution < 1.29 is 14.4 Å². The number of imide groups is 1. The molecule has 0 aromatic heterocycles. The molecule has 0 bridgehead atoms. The summed E-state index contributed by atoms with van der Waals surface area (Å²) >= 11 is 1.65. The van der Waals surface area contributed by atoms with Gasteiger partial charge in [-0.1, -0.05) is 42.8 Å². The molecule has 2 aromatic carbocycles. The predicted octanol–water partition coefficient (Wildman–Crippen LogP) is 4.02. The fourth-order valence-corrected chi connectivity index (χ4v) is 5.91. The van der Waals surface area contributed by atoms with E-state index in [9.17, 15) is 14.4 Å². The summed E-state index contributed by atoms with van der Waals surface area (Å²) in [5, 5.41) is 6.10. The van der Waals surface area contributed by atoms with Crippen LogP contribution in [0.2, 0.25) is 0 Å². The Labute approximate surface area is 204 Å². The van der Waals surface area contributed by atoms with Crippen molar-refractivity contribution in [3.8, 4) is 0 Å². The fraction of sp³-hybridized carbons (Fsp3) is 0.444. The van der Waals surface area contributed by atoms with Crippen LogP contribution in [0, 0.1) is 5.92 Å². The number of fused-ring (bicyclic) bond motifs is 2. The molecule has 1 heterocycles. The Bertz CT molecular complexity index is 1110. The Hall–Kier alpha value is -2.80. The van der Waals surface area contributed by atoms with Crippen LogP contribution >= 0.6 is 11.8 Å². The van der Waals surface area contributed by atoms with Gasteiger partial charge in [0.1, 0.15) is 11.6 Å². The van der Waals surface area contributed by atoms with Gasteiger partial charge in [0, 0.05) is 17.4 Å². The second kappa shape index (κ2) is 9.10. The summed E-state index contributed by atoms with van der Waals surface area (Å²) in [6.45, 7) is 2.02.